The topological polar surface area (TPSA) is 78.1 Å². The smallest absolute Gasteiger partial charge is 0.244 e. The Balaban J connectivity index is 2.64. The third-order valence-corrected chi connectivity index (χ3v) is 4.13. The highest BCUT2D eigenvalue weighted by atomic mass is 32.2. The van der Waals surface area contributed by atoms with Crippen molar-refractivity contribution in [3.8, 4) is 0 Å². The summed E-state index contributed by atoms with van der Waals surface area (Å²) < 4.78 is 26.6. The summed E-state index contributed by atoms with van der Waals surface area (Å²) >= 11 is 0. The van der Waals surface area contributed by atoms with E-state index < -0.39 is 10.0 Å². The zero-order valence-electron chi connectivity index (χ0n) is 10.7. The van der Waals surface area contributed by atoms with Crippen molar-refractivity contribution in [1.29, 1.82) is 0 Å². The lowest BCUT2D eigenvalue weighted by Gasteiger charge is -2.10. The number of aromatic amines is 1. The summed E-state index contributed by atoms with van der Waals surface area (Å²) in [5.41, 5.74) is 1.07. The summed E-state index contributed by atoms with van der Waals surface area (Å²) in [4.78, 5) is 2.28. The van der Waals surface area contributed by atoms with Crippen molar-refractivity contribution in [2.45, 2.75) is 25.2 Å². The minimum atomic E-state index is -3.44. The first-order chi connectivity index (χ1) is 7.84. The molecule has 1 rings (SSSR count). The predicted molar refractivity (Wildman–Crippen MR) is 66.4 cm³/mol. The van der Waals surface area contributed by atoms with Crippen LogP contribution in [0, 0.1) is 13.8 Å². The van der Waals surface area contributed by atoms with Crippen LogP contribution in [0.3, 0.4) is 0 Å². The second kappa shape index (κ2) is 5.61. The minimum absolute atomic E-state index is 0.266. The van der Waals surface area contributed by atoms with E-state index in [1.165, 1.54) is 0 Å². The van der Waals surface area contributed by atoms with Gasteiger partial charge in [0.1, 0.15) is 4.90 Å². The molecule has 17 heavy (non-hydrogen) atoms. The summed E-state index contributed by atoms with van der Waals surface area (Å²) in [5.74, 6) is 0. The number of aromatic nitrogens is 2. The van der Waals surface area contributed by atoms with Gasteiger partial charge >= 0.3 is 0 Å². The molecule has 0 aliphatic rings. The van der Waals surface area contributed by atoms with Crippen LogP contribution in [0.2, 0.25) is 0 Å². The van der Waals surface area contributed by atoms with Crippen LogP contribution >= 0.6 is 0 Å². The fourth-order valence-electron chi connectivity index (χ4n) is 1.61. The van der Waals surface area contributed by atoms with E-state index >= 15 is 0 Å². The van der Waals surface area contributed by atoms with E-state index in [9.17, 15) is 8.42 Å². The second-order valence-corrected chi connectivity index (χ2v) is 6.02. The Labute approximate surface area is 102 Å². The van der Waals surface area contributed by atoms with Gasteiger partial charge in [0.15, 0.2) is 0 Å². The van der Waals surface area contributed by atoms with Gasteiger partial charge in [-0.25, -0.2) is 13.1 Å². The zero-order valence-corrected chi connectivity index (χ0v) is 11.6. The van der Waals surface area contributed by atoms with Gasteiger partial charge in [-0.1, -0.05) is 0 Å². The molecule has 2 N–H and O–H groups in total. The molecule has 0 fully saturated rings. The van der Waals surface area contributed by atoms with E-state index in [0.717, 1.165) is 13.0 Å². The third-order valence-electron chi connectivity index (χ3n) is 2.40. The van der Waals surface area contributed by atoms with Crippen LogP contribution < -0.4 is 4.72 Å². The fraction of sp³-hybridized carbons (Fsp3) is 0.700. The Bertz CT molecular complexity index is 445. The highest BCUT2D eigenvalue weighted by Gasteiger charge is 2.21. The fourth-order valence-corrected chi connectivity index (χ4v) is 3.05. The molecule has 0 saturated heterocycles. The largest absolute Gasteiger partial charge is 0.309 e. The van der Waals surface area contributed by atoms with Crippen LogP contribution in [-0.4, -0.2) is 50.7 Å². The molecule has 1 aromatic rings. The number of hydrogen-bond acceptors (Lipinski definition) is 4. The first-order valence-corrected chi connectivity index (χ1v) is 6.99. The van der Waals surface area contributed by atoms with Crippen molar-refractivity contribution in [2.24, 2.45) is 0 Å². The van der Waals surface area contributed by atoms with Crippen LogP contribution in [0.4, 0.5) is 0 Å². The first-order valence-electron chi connectivity index (χ1n) is 5.50. The maximum absolute atomic E-state index is 12.0. The molecule has 0 aliphatic heterocycles. The minimum Gasteiger partial charge on any atom is -0.309 e. The highest BCUT2D eigenvalue weighted by molar-refractivity contribution is 7.89. The second-order valence-electron chi connectivity index (χ2n) is 4.32. The SMILES string of the molecule is Cc1n[nH]c(C)c1S(=O)(=O)NCCCN(C)C. The van der Waals surface area contributed by atoms with Gasteiger partial charge in [0, 0.05) is 6.54 Å². The lowest BCUT2D eigenvalue weighted by molar-refractivity contribution is 0.400. The molecule has 0 spiro atoms. The molecule has 1 aromatic heterocycles. The van der Waals surface area contributed by atoms with Crippen LogP contribution in [0.1, 0.15) is 17.8 Å². The number of nitrogens with zero attached hydrogens (tertiary/aromatic N) is 2. The van der Waals surface area contributed by atoms with Gasteiger partial charge in [0.05, 0.1) is 11.4 Å². The number of rotatable bonds is 6. The lowest BCUT2D eigenvalue weighted by atomic mass is 10.4. The molecule has 1 heterocycles. The molecule has 0 aliphatic carbocycles. The lowest BCUT2D eigenvalue weighted by Crippen LogP contribution is -2.28. The van der Waals surface area contributed by atoms with Gasteiger partial charge in [-0.2, -0.15) is 5.10 Å². The number of hydrogen-bond donors (Lipinski definition) is 2. The Morgan fingerprint density at radius 2 is 2.00 bits per heavy atom. The molecule has 0 unspecified atom stereocenters. The molecule has 0 saturated carbocycles. The Hall–Kier alpha value is -0.920. The maximum atomic E-state index is 12.0. The van der Waals surface area contributed by atoms with Gasteiger partial charge in [0.25, 0.3) is 0 Å². The van der Waals surface area contributed by atoms with E-state index in [-0.39, 0.29) is 4.90 Å². The van der Waals surface area contributed by atoms with Crippen molar-refractivity contribution in [3.05, 3.63) is 11.4 Å². The van der Waals surface area contributed by atoms with Crippen molar-refractivity contribution < 1.29 is 8.42 Å². The number of nitrogens with one attached hydrogen (secondary N) is 2. The quantitative estimate of drug-likeness (QED) is 0.719. The number of H-pyrrole nitrogens is 1. The number of aryl methyl sites for hydroxylation is 2. The Morgan fingerprint density at radius 1 is 1.35 bits per heavy atom. The molecule has 0 aromatic carbocycles. The Morgan fingerprint density at radius 3 is 2.47 bits per heavy atom. The van der Waals surface area contributed by atoms with E-state index in [1.54, 1.807) is 13.8 Å². The molecule has 0 radical (unpaired) electrons. The highest BCUT2D eigenvalue weighted by Crippen LogP contribution is 2.15. The summed E-state index contributed by atoms with van der Waals surface area (Å²) in [5, 5.41) is 6.56. The molecule has 0 bridgehead atoms. The summed E-state index contributed by atoms with van der Waals surface area (Å²) in [7, 11) is 0.476. The van der Waals surface area contributed by atoms with E-state index in [2.05, 4.69) is 14.9 Å². The monoisotopic (exact) mass is 260 g/mol. The van der Waals surface area contributed by atoms with E-state index in [0.29, 0.717) is 17.9 Å². The normalized spacial score (nSPS) is 12.3. The summed E-state index contributed by atoms with van der Waals surface area (Å²) in [6, 6.07) is 0. The maximum Gasteiger partial charge on any atom is 0.244 e. The molecular weight excluding hydrogens is 240 g/mol. The molecule has 0 atom stereocenters. The van der Waals surface area contributed by atoms with Gasteiger partial charge in [-0.05, 0) is 40.9 Å². The first kappa shape index (κ1) is 14.1. The molecule has 0 amide bonds. The zero-order chi connectivity index (χ0) is 13.1. The summed E-state index contributed by atoms with van der Waals surface area (Å²) in [6.45, 7) is 4.67. The third kappa shape index (κ3) is 3.79. The van der Waals surface area contributed by atoms with Gasteiger partial charge in [-0.3, -0.25) is 5.10 Å². The molecule has 7 heteroatoms. The predicted octanol–water partition coefficient (Wildman–Crippen LogP) is 0.257. The van der Waals surface area contributed by atoms with Gasteiger partial charge < -0.3 is 4.90 Å². The van der Waals surface area contributed by atoms with Gasteiger partial charge in [-0.15, -0.1) is 0 Å². The van der Waals surface area contributed by atoms with Crippen molar-refractivity contribution in [3.63, 3.8) is 0 Å². The molecule has 98 valence electrons. The van der Waals surface area contributed by atoms with Crippen LogP contribution in [0.15, 0.2) is 4.90 Å². The van der Waals surface area contributed by atoms with E-state index in [4.69, 9.17) is 0 Å². The Kier molecular flexibility index (Phi) is 4.67. The molecule has 6 nitrogen and oxygen atoms in total. The van der Waals surface area contributed by atoms with Crippen molar-refractivity contribution >= 4 is 10.0 Å². The van der Waals surface area contributed by atoms with Crippen molar-refractivity contribution in [2.75, 3.05) is 27.2 Å². The standard InChI is InChI=1S/C10H20N4O2S/c1-8-10(9(2)13-12-8)17(15,16)11-6-5-7-14(3)4/h11H,5-7H2,1-4H3,(H,12,13). The average molecular weight is 260 g/mol. The van der Waals surface area contributed by atoms with Crippen molar-refractivity contribution in [1.82, 2.24) is 19.8 Å². The van der Waals surface area contributed by atoms with Crippen LogP contribution in [0.25, 0.3) is 0 Å². The molecular formula is C10H20N4O2S. The van der Waals surface area contributed by atoms with Gasteiger partial charge in [0.2, 0.25) is 10.0 Å². The van der Waals surface area contributed by atoms with E-state index in [1.807, 2.05) is 19.0 Å². The van der Waals surface area contributed by atoms with Crippen LogP contribution in [0.5, 0.6) is 0 Å². The van der Waals surface area contributed by atoms with Crippen LogP contribution in [-0.2, 0) is 10.0 Å². The number of sulfonamides is 1. The average Bonchev–Trinajstić information content (AvgIpc) is 2.53. The summed E-state index contributed by atoms with van der Waals surface area (Å²) in [6.07, 6.45) is 0.780.